The smallest absolute Gasteiger partial charge is 0.338 e. The zero-order chi connectivity index (χ0) is 14.9. The molecule has 7 heteroatoms. The van der Waals surface area contributed by atoms with Gasteiger partial charge in [-0.15, -0.1) is 0 Å². The van der Waals surface area contributed by atoms with Crippen molar-refractivity contribution in [3.05, 3.63) is 29.6 Å². The molecule has 1 aromatic heterocycles. The van der Waals surface area contributed by atoms with Gasteiger partial charge in [0, 0.05) is 25.2 Å². The summed E-state index contributed by atoms with van der Waals surface area (Å²) in [5.41, 5.74) is -0.931. The predicted octanol–water partition coefficient (Wildman–Crippen LogP) is 2.15. The van der Waals surface area contributed by atoms with Crippen LogP contribution < -0.4 is 0 Å². The van der Waals surface area contributed by atoms with Crippen LogP contribution in [-0.4, -0.2) is 34.7 Å². The lowest BCUT2D eigenvalue weighted by Gasteiger charge is -2.16. The first-order chi connectivity index (χ1) is 9.29. The zero-order valence-corrected chi connectivity index (χ0v) is 10.8. The van der Waals surface area contributed by atoms with E-state index in [0.717, 1.165) is 18.3 Å². The fourth-order valence-corrected chi connectivity index (χ4v) is 2.15. The number of Topliss-reactive ketones (excluding diaryl/α,β-unsaturated/α-hetero) is 1. The number of likely N-dealkylation sites (tertiary alicyclic amines) is 1. The minimum Gasteiger partial charge on any atom is -0.338 e. The monoisotopic (exact) mass is 286 g/mol. The van der Waals surface area contributed by atoms with Gasteiger partial charge in [0.25, 0.3) is 5.91 Å². The summed E-state index contributed by atoms with van der Waals surface area (Å²) in [6, 6.07) is 1.89. The number of pyridine rings is 1. The molecule has 0 radical (unpaired) electrons. The lowest BCUT2D eigenvalue weighted by Crippen LogP contribution is -2.29. The summed E-state index contributed by atoms with van der Waals surface area (Å²) in [6.07, 6.45) is -3.00. The van der Waals surface area contributed by atoms with E-state index in [0.29, 0.717) is 19.5 Å². The summed E-state index contributed by atoms with van der Waals surface area (Å²) < 4.78 is 37.1. The second-order valence-electron chi connectivity index (χ2n) is 4.78. The maximum atomic E-state index is 12.4. The van der Waals surface area contributed by atoms with E-state index in [2.05, 4.69) is 4.98 Å². The molecule has 0 unspecified atom stereocenters. The van der Waals surface area contributed by atoms with Crippen LogP contribution in [0.5, 0.6) is 0 Å². The molecule has 108 valence electrons. The standard InChI is InChI=1S/C13H13F3N2O2/c1-8(19)10-4-5-18(7-10)12(20)9-2-3-11(17-6-9)13(14,15)16/h2-3,6,10H,4-5,7H2,1H3/t10-/m1/s1. The van der Waals surface area contributed by atoms with Crippen molar-refractivity contribution >= 4 is 11.7 Å². The molecule has 2 heterocycles. The number of amides is 1. The minimum atomic E-state index is -4.52. The third-order valence-electron chi connectivity index (χ3n) is 3.35. The first-order valence-corrected chi connectivity index (χ1v) is 6.12. The van der Waals surface area contributed by atoms with Crippen molar-refractivity contribution in [3.63, 3.8) is 0 Å². The SMILES string of the molecule is CC(=O)[C@@H]1CCN(C(=O)c2ccc(C(F)(F)F)nc2)C1. The number of carbonyl (C=O) groups excluding carboxylic acids is 2. The van der Waals surface area contributed by atoms with Gasteiger partial charge < -0.3 is 4.90 Å². The van der Waals surface area contributed by atoms with Crippen molar-refractivity contribution in [2.75, 3.05) is 13.1 Å². The van der Waals surface area contributed by atoms with E-state index >= 15 is 0 Å². The molecule has 4 nitrogen and oxygen atoms in total. The molecular weight excluding hydrogens is 273 g/mol. The third-order valence-corrected chi connectivity index (χ3v) is 3.35. The summed E-state index contributed by atoms with van der Waals surface area (Å²) in [7, 11) is 0. The van der Waals surface area contributed by atoms with Crippen LogP contribution in [-0.2, 0) is 11.0 Å². The van der Waals surface area contributed by atoms with Gasteiger partial charge in [-0.05, 0) is 25.5 Å². The van der Waals surface area contributed by atoms with E-state index in [1.807, 2.05) is 0 Å². The van der Waals surface area contributed by atoms with Crippen molar-refractivity contribution in [1.82, 2.24) is 9.88 Å². The van der Waals surface area contributed by atoms with E-state index in [4.69, 9.17) is 0 Å². The van der Waals surface area contributed by atoms with E-state index in [-0.39, 0.29) is 17.3 Å². The summed E-state index contributed by atoms with van der Waals surface area (Å²) in [5.74, 6) is -0.554. The number of carbonyl (C=O) groups is 2. The Morgan fingerprint density at radius 2 is 2.05 bits per heavy atom. The topological polar surface area (TPSA) is 50.3 Å². The highest BCUT2D eigenvalue weighted by Crippen LogP contribution is 2.27. The number of aromatic nitrogens is 1. The fourth-order valence-electron chi connectivity index (χ4n) is 2.15. The van der Waals surface area contributed by atoms with Gasteiger partial charge in [0.15, 0.2) is 0 Å². The van der Waals surface area contributed by atoms with Crippen molar-refractivity contribution in [2.24, 2.45) is 5.92 Å². The highest BCUT2D eigenvalue weighted by atomic mass is 19.4. The summed E-state index contributed by atoms with van der Waals surface area (Å²) in [6.45, 7) is 2.22. The lowest BCUT2D eigenvalue weighted by molar-refractivity contribution is -0.141. The molecular formula is C13H13F3N2O2. The van der Waals surface area contributed by atoms with Crippen LogP contribution in [0.2, 0.25) is 0 Å². The van der Waals surface area contributed by atoms with Crippen LogP contribution >= 0.6 is 0 Å². The Labute approximate surface area is 113 Å². The van der Waals surface area contributed by atoms with E-state index in [1.54, 1.807) is 0 Å². The van der Waals surface area contributed by atoms with Gasteiger partial charge in [-0.25, -0.2) is 0 Å². The van der Waals surface area contributed by atoms with E-state index in [1.165, 1.54) is 11.8 Å². The number of ketones is 1. The van der Waals surface area contributed by atoms with Crippen LogP contribution in [0.4, 0.5) is 13.2 Å². The average Bonchev–Trinajstić information content (AvgIpc) is 2.86. The molecule has 1 atom stereocenters. The Bertz CT molecular complexity index is 525. The van der Waals surface area contributed by atoms with Crippen molar-refractivity contribution < 1.29 is 22.8 Å². The Morgan fingerprint density at radius 1 is 1.35 bits per heavy atom. The summed E-state index contributed by atoms with van der Waals surface area (Å²) in [4.78, 5) is 28.0. The number of rotatable bonds is 2. The first-order valence-electron chi connectivity index (χ1n) is 6.12. The maximum Gasteiger partial charge on any atom is 0.433 e. The molecule has 1 aromatic rings. The number of alkyl halides is 3. The molecule has 1 saturated heterocycles. The molecule has 0 saturated carbocycles. The molecule has 2 rings (SSSR count). The first kappa shape index (κ1) is 14.5. The van der Waals surface area contributed by atoms with Gasteiger partial charge in [-0.2, -0.15) is 13.2 Å². The minimum absolute atomic E-state index is 0.0193. The molecule has 0 bridgehead atoms. The van der Waals surface area contributed by atoms with Crippen LogP contribution in [0.25, 0.3) is 0 Å². The van der Waals surface area contributed by atoms with Crippen molar-refractivity contribution in [3.8, 4) is 0 Å². The third kappa shape index (κ3) is 2.97. The summed E-state index contributed by atoms with van der Waals surface area (Å²) in [5, 5.41) is 0. The molecule has 0 aliphatic carbocycles. The molecule has 1 aliphatic rings. The Hall–Kier alpha value is -1.92. The average molecular weight is 286 g/mol. The van der Waals surface area contributed by atoms with Gasteiger partial charge in [0.2, 0.25) is 0 Å². The Morgan fingerprint density at radius 3 is 2.50 bits per heavy atom. The van der Waals surface area contributed by atoms with Gasteiger partial charge in [0.05, 0.1) is 5.56 Å². The van der Waals surface area contributed by atoms with Crippen molar-refractivity contribution in [1.29, 1.82) is 0 Å². The predicted molar refractivity (Wildman–Crippen MR) is 63.9 cm³/mol. The molecule has 1 fully saturated rings. The largest absolute Gasteiger partial charge is 0.433 e. The van der Waals surface area contributed by atoms with Crippen LogP contribution in [0.15, 0.2) is 18.3 Å². The van der Waals surface area contributed by atoms with Crippen LogP contribution in [0, 0.1) is 5.92 Å². The second-order valence-corrected chi connectivity index (χ2v) is 4.78. The maximum absolute atomic E-state index is 12.4. The van der Waals surface area contributed by atoms with Crippen LogP contribution in [0.1, 0.15) is 29.4 Å². The fraction of sp³-hybridized carbons (Fsp3) is 0.462. The molecule has 1 aliphatic heterocycles. The summed E-state index contributed by atoms with van der Waals surface area (Å²) >= 11 is 0. The molecule has 0 spiro atoms. The molecule has 1 amide bonds. The zero-order valence-electron chi connectivity index (χ0n) is 10.8. The number of halogens is 3. The Balaban J connectivity index is 2.09. The number of nitrogens with zero attached hydrogens (tertiary/aromatic N) is 2. The van der Waals surface area contributed by atoms with E-state index < -0.39 is 17.8 Å². The molecule has 20 heavy (non-hydrogen) atoms. The Kier molecular flexibility index (Phi) is 3.78. The number of hydrogen-bond donors (Lipinski definition) is 0. The lowest BCUT2D eigenvalue weighted by atomic mass is 10.1. The van der Waals surface area contributed by atoms with Crippen LogP contribution in [0.3, 0.4) is 0 Å². The van der Waals surface area contributed by atoms with Gasteiger partial charge in [0.1, 0.15) is 11.5 Å². The van der Waals surface area contributed by atoms with Gasteiger partial charge >= 0.3 is 6.18 Å². The quantitative estimate of drug-likeness (QED) is 0.837. The highest BCUT2D eigenvalue weighted by Gasteiger charge is 2.33. The van der Waals surface area contributed by atoms with Gasteiger partial charge in [-0.1, -0.05) is 0 Å². The van der Waals surface area contributed by atoms with E-state index in [9.17, 15) is 22.8 Å². The van der Waals surface area contributed by atoms with Crippen molar-refractivity contribution in [2.45, 2.75) is 19.5 Å². The second kappa shape index (κ2) is 5.22. The molecule has 0 N–H and O–H groups in total. The number of hydrogen-bond acceptors (Lipinski definition) is 3. The highest BCUT2D eigenvalue weighted by molar-refractivity contribution is 5.94. The van der Waals surface area contributed by atoms with Gasteiger partial charge in [-0.3, -0.25) is 14.6 Å². The normalized spacial score (nSPS) is 19.2. The molecule has 0 aromatic carbocycles.